The van der Waals surface area contributed by atoms with Crippen molar-refractivity contribution in [3.05, 3.63) is 0 Å². The molecule has 1 N–H and O–H groups in total. The van der Waals surface area contributed by atoms with Gasteiger partial charge in [0.2, 0.25) is 0 Å². The van der Waals surface area contributed by atoms with Gasteiger partial charge in [-0.05, 0) is 44.7 Å². The number of hydrogen-bond donors (Lipinski definition) is 1. The van der Waals surface area contributed by atoms with Gasteiger partial charge in [0.15, 0.2) is 0 Å². The first-order chi connectivity index (χ1) is 6.92. The molecule has 0 amide bonds. The first-order valence-corrected chi connectivity index (χ1v) is 6.26. The van der Waals surface area contributed by atoms with E-state index in [-0.39, 0.29) is 0 Å². The number of rotatable bonds is 2. The standard InChI is InChI=1S/C12H23NO/c14-10-11-6-2-3-7-12(11)13-8-4-1-5-9-13/h11-12,14H,1-10H2. The van der Waals surface area contributed by atoms with E-state index in [0.29, 0.717) is 18.6 Å². The van der Waals surface area contributed by atoms with E-state index in [1.165, 1.54) is 58.0 Å². The van der Waals surface area contributed by atoms with E-state index in [9.17, 15) is 5.11 Å². The summed E-state index contributed by atoms with van der Waals surface area (Å²) in [5.41, 5.74) is 0. The third kappa shape index (κ3) is 2.29. The number of hydrogen-bond acceptors (Lipinski definition) is 2. The van der Waals surface area contributed by atoms with Crippen LogP contribution >= 0.6 is 0 Å². The van der Waals surface area contributed by atoms with Crippen LogP contribution in [0.15, 0.2) is 0 Å². The summed E-state index contributed by atoms with van der Waals surface area (Å²) in [6.07, 6.45) is 9.42. The minimum atomic E-state index is 0.404. The van der Waals surface area contributed by atoms with E-state index >= 15 is 0 Å². The minimum absolute atomic E-state index is 0.404. The Hall–Kier alpha value is -0.0800. The zero-order chi connectivity index (χ0) is 9.80. The maximum Gasteiger partial charge on any atom is 0.0474 e. The van der Waals surface area contributed by atoms with Gasteiger partial charge in [0.05, 0.1) is 0 Å². The van der Waals surface area contributed by atoms with E-state index in [4.69, 9.17) is 0 Å². The summed E-state index contributed by atoms with van der Waals surface area (Å²) in [6.45, 7) is 2.96. The molecule has 0 spiro atoms. The molecule has 14 heavy (non-hydrogen) atoms. The van der Waals surface area contributed by atoms with Gasteiger partial charge in [0.25, 0.3) is 0 Å². The molecule has 0 bridgehead atoms. The van der Waals surface area contributed by atoms with Gasteiger partial charge < -0.3 is 10.0 Å². The van der Waals surface area contributed by atoms with Gasteiger partial charge in [-0.2, -0.15) is 0 Å². The normalized spacial score (nSPS) is 35.8. The van der Waals surface area contributed by atoms with Gasteiger partial charge in [0.1, 0.15) is 0 Å². The van der Waals surface area contributed by atoms with Crippen LogP contribution in [0.1, 0.15) is 44.9 Å². The Morgan fingerprint density at radius 2 is 1.64 bits per heavy atom. The fraction of sp³-hybridized carbons (Fsp3) is 1.00. The quantitative estimate of drug-likeness (QED) is 0.732. The zero-order valence-electron chi connectivity index (χ0n) is 9.12. The van der Waals surface area contributed by atoms with Crippen LogP contribution in [0, 0.1) is 5.92 Å². The van der Waals surface area contributed by atoms with Crippen LogP contribution in [0.2, 0.25) is 0 Å². The zero-order valence-corrected chi connectivity index (χ0v) is 9.12. The number of likely N-dealkylation sites (tertiary alicyclic amines) is 1. The maximum absolute atomic E-state index is 9.37. The lowest BCUT2D eigenvalue weighted by Crippen LogP contribution is -2.46. The first-order valence-electron chi connectivity index (χ1n) is 6.26. The van der Waals surface area contributed by atoms with Crippen LogP contribution in [-0.4, -0.2) is 35.7 Å². The Balaban J connectivity index is 1.91. The van der Waals surface area contributed by atoms with Crippen molar-refractivity contribution in [1.82, 2.24) is 4.90 Å². The maximum atomic E-state index is 9.37. The molecule has 2 nitrogen and oxygen atoms in total. The highest BCUT2D eigenvalue weighted by Crippen LogP contribution is 2.29. The fourth-order valence-corrected chi connectivity index (χ4v) is 3.13. The van der Waals surface area contributed by atoms with Crippen molar-refractivity contribution in [1.29, 1.82) is 0 Å². The van der Waals surface area contributed by atoms with Crippen molar-refractivity contribution in [2.75, 3.05) is 19.7 Å². The average molecular weight is 197 g/mol. The van der Waals surface area contributed by atoms with Crippen LogP contribution in [0.25, 0.3) is 0 Å². The van der Waals surface area contributed by atoms with Crippen LogP contribution in [0.3, 0.4) is 0 Å². The average Bonchev–Trinajstić information content (AvgIpc) is 2.30. The van der Waals surface area contributed by atoms with Crippen molar-refractivity contribution in [2.24, 2.45) is 5.92 Å². The third-order valence-corrected chi connectivity index (χ3v) is 3.96. The van der Waals surface area contributed by atoms with Gasteiger partial charge in [0, 0.05) is 12.6 Å². The van der Waals surface area contributed by atoms with E-state index < -0.39 is 0 Å². The lowest BCUT2D eigenvalue weighted by atomic mass is 9.83. The van der Waals surface area contributed by atoms with Gasteiger partial charge >= 0.3 is 0 Å². The summed E-state index contributed by atoms with van der Waals surface area (Å²) < 4.78 is 0. The van der Waals surface area contributed by atoms with Gasteiger partial charge in [-0.1, -0.05) is 19.3 Å². The molecule has 1 aliphatic carbocycles. The van der Waals surface area contributed by atoms with Gasteiger partial charge in [-0.3, -0.25) is 0 Å². The highest BCUT2D eigenvalue weighted by Gasteiger charge is 2.29. The first kappa shape index (κ1) is 10.4. The Morgan fingerprint density at radius 1 is 0.929 bits per heavy atom. The SMILES string of the molecule is OCC1CCCCC1N1CCCCC1. The minimum Gasteiger partial charge on any atom is -0.396 e. The van der Waals surface area contributed by atoms with Crippen molar-refractivity contribution in [3.63, 3.8) is 0 Å². The molecule has 1 aliphatic heterocycles. The monoisotopic (exact) mass is 197 g/mol. The molecule has 2 rings (SSSR count). The predicted octanol–water partition coefficient (Wildman–Crippen LogP) is 2.02. The van der Waals surface area contributed by atoms with Crippen molar-refractivity contribution >= 4 is 0 Å². The second-order valence-electron chi connectivity index (χ2n) is 4.89. The Labute approximate surface area is 87.3 Å². The molecule has 2 atom stereocenters. The number of aliphatic hydroxyl groups is 1. The van der Waals surface area contributed by atoms with E-state index in [0.717, 1.165) is 0 Å². The Morgan fingerprint density at radius 3 is 2.36 bits per heavy atom. The molecule has 2 unspecified atom stereocenters. The van der Waals surface area contributed by atoms with Crippen LogP contribution in [0.4, 0.5) is 0 Å². The summed E-state index contributed by atoms with van der Waals surface area (Å²) in [6, 6.07) is 0.703. The van der Waals surface area contributed by atoms with Crippen LogP contribution in [-0.2, 0) is 0 Å². The second kappa shape index (κ2) is 5.13. The summed E-state index contributed by atoms with van der Waals surface area (Å²) in [5.74, 6) is 0.571. The molecule has 0 aromatic carbocycles. The molecule has 1 saturated carbocycles. The molecule has 2 aliphatic rings. The fourth-order valence-electron chi connectivity index (χ4n) is 3.13. The number of piperidine rings is 1. The van der Waals surface area contributed by atoms with Crippen LogP contribution < -0.4 is 0 Å². The van der Waals surface area contributed by atoms with Crippen molar-refractivity contribution < 1.29 is 5.11 Å². The summed E-state index contributed by atoms with van der Waals surface area (Å²) in [5, 5.41) is 9.37. The van der Waals surface area contributed by atoms with Gasteiger partial charge in [-0.25, -0.2) is 0 Å². The number of nitrogens with zero attached hydrogens (tertiary/aromatic N) is 1. The smallest absolute Gasteiger partial charge is 0.0474 e. The largest absolute Gasteiger partial charge is 0.396 e. The molecule has 0 radical (unpaired) electrons. The lowest BCUT2D eigenvalue weighted by molar-refractivity contribution is 0.0531. The van der Waals surface area contributed by atoms with Crippen molar-refractivity contribution in [3.8, 4) is 0 Å². The lowest BCUT2D eigenvalue weighted by Gasteiger charge is -2.41. The Kier molecular flexibility index (Phi) is 3.82. The molecule has 82 valence electrons. The van der Waals surface area contributed by atoms with Gasteiger partial charge in [-0.15, -0.1) is 0 Å². The molecule has 0 aromatic heterocycles. The molecule has 2 heteroatoms. The molecular formula is C12H23NO. The highest BCUT2D eigenvalue weighted by molar-refractivity contribution is 4.84. The molecular weight excluding hydrogens is 174 g/mol. The van der Waals surface area contributed by atoms with E-state index in [2.05, 4.69) is 4.90 Å². The van der Waals surface area contributed by atoms with E-state index in [1.807, 2.05) is 0 Å². The second-order valence-corrected chi connectivity index (χ2v) is 4.89. The summed E-state index contributed by atoms with van der Waals surface area (Å²) in [4.78, 5) is 2.64. The molecule has 1 heterocycles. The highest BCUT2D eigenvalue weighted by atomic mass is 16.3. The third-order valence-electron chi connectivity index (χ3n) is 3.96. The van der Waals surface area contributed by atoms with Crippen LogP contribution in [0.5, 0.6) is 0 Å². The molecule has 2 fully saturated rings. The summed E-state index contributed by atoms with van der Waals surface area (Å²) in [7, 11) is 0. The topological polar surface area (TPSA) is 23.5 Å². The molecule has 0 aromatic rings. The van der Waals surface area contributed by atoms with E-state index in [1.54, 1.807) is 0 Å². The number of aliphatic hydroxyl groups excluding tert-OH is 1. The van der Waals surface area contributed by atoms with Crippen molar-refractivity contribution in [2.45, 2.75) is 51.0 Å². The Bertz CT molecular complexity index is 166. The summed E-state index contributed by atoms with van der Waals surface area (Å²) >= 11 is 0. The predicted molar refractivity (Wildman–Crippen MR) is 58.3 cm³/mol. The molecule has 1 saturated heterocycles.